The summed E-state index contributed by atoms with van der Waals surface area (Å²) in [5, 5.41) is 4.36. The normalized spacial score (nSPS) is 12.7. The van der Waals surface area contributed by atoms with Gasteiger partial charge in [-0.05, 0) is 31.0 Å². The molecule has 0 amide bonds. The minimum absolute atomic E-state index is 0.0190. The highest BCUT2D eigenvalue weighted by molar-refractivity contribution is 5.33. The fourth-order valence-corrected chi connectivity index (χ4v) is 2.15. The van der Waals surface area contributed by atoms with E-state index >= 15 is 0 Å². The molecule has 0 saturated heterocycles. The van der Waals surface area contributed by atoms with Crippen LogP contribution in [-0.4, -0.2) is 9.78 Å². The lowest BCUT2D eigenvalue weighted by atomic mass is 9.97. The van der Waals surface area contributed by atoms with Crippen LogP contribution in [0.4, 0.5) is 0 Å². The Kier molecular flexibility index (Phi) is 3.29. The van der Waals surface area contributed by atoms with Gasteiger partial charge in [0.1, 0.15) is 0 Å². The van der Waals surface area contributed by atoms with Gasteiger partial charge in [-0.1, -0.05) is 23.8 Å². The van der Waals surface area contributed by atoms with Crippen LogP contribution in [0.1, 0.15) is 28.4 Å². The van der Waals surface area contributed by atoms with Gasteiger partial charge in [0.25, 0.3) is 0 Å². The SMILES string of the molecule is Cc1ccc(C(N)Cc2ccn(C)n2)c(C)c1. The molecule has 2 aromatic rings. The van der Waals surface area contributed by atoms with E-state index in [9.17, 15) is 0 Å². The van der Waals surface area contributed by atoms with E-state index in [1.54, 1.807) is 0 Å². The van der Waals surface area contributed by atoms with Gasteiger partial charge in [0.05, 0.1) is 5.69 Å². The molecule has 1 aromatic heterocycles. The molecule has 1 heterocycles. The largest absolute Gasteiger partial charge is 0.324 e. The Bertz CT molecular complexity index is 514. The first-order chi connectivity index (χ1) is 8.06. The van der Waals surface area contributed by atoms with Gasteiger partial charge in [0.15, 0.2) is 0 Å². The minimum Gasteiger partial charge on any atom is -0.324 e. The van der Waals surface area contributed by atoms with Crippen molar-refractivity contribution in [2.75, 3.05) is 0 Å². The number of nitrogens with zero attached hydrogens (tertiary/aromatic N) is 2. The Morgan fingerprint density at radius 2 is 2.06 bits per heavy atom. The lowest BCUT2D eigenvalue weighted by molar-refractivity contribution is 0.672. The molecule has 0 aliphatic carbocycles. The van der Waals surface area contributed by atoms with Crippen molar-refractivity contribution in [3.63, 3.8) is 0 Å². The molecule has 0 aliphatic rings. The van der Waals surface area contributed by atoms with E-state index in [2.05, 4.69) is 37.1 Å². The number of hydrogen-bond donors (Lipinski definition) is 1. The highest BCUT2D eigenvalue weighted by Gasteiger charge is 2.11. The van der Waals surface area contributed by atoms with Crippen LogP contribution in [0.3, 0.4) is 0 Å². The van der Waals surface area contributed by atoms with Crippen molar-refractivity contribution in [1.82, 2.24) is 9.78 Å². The van der Waals surface area contributed by atoms with Crippen molar-refractivity contribution >= 4 is 0 Å². The van der Waals surface area contributed by atoms with Gasteiger partial charge in [0, 0.05) is 25.7 Å². The standard InChI is InChI=1S/C14H19N3/c1-10-4-5-13(11(2)8-10)14(15)9-12-6-7-17(3)16-12/h4-8,14H,9,15H2,1-3H3. The van der Waals surface area contributed by atoms with Gasteiger partial charge in [0.2, 0.25) is 0 Å². The molecule has 0 aliphatic heterocycles. The molecular formula is C14H19N3. The van der Waals surface area contributed by atoms with Crippen LogP contribution in [0.25, 0.3) is 0 Å². The Hall–Kier alpha value is -1.61. The van der Waals surface area contributed by atoms with E-state index < -0.39 is 0 Å². The number of aryl methyl sites for hydroxylation is 3. The van der Waals surface area contributed by atoms with E-state index in [-0.39, 0.29) is 6.04 Å². The highest BCUT2D eigenvalue weighted by Crippen LogP contribution is 2.20. The second-order valence-corrected chi connectivity index (χ2v) is 4.65. The molecule has 1 unspecified atom stereocenters. The molecule has 0 radical (unpaired) electrons. The molecule has 0 saturated carbocycles. The third-order valence-corrected chi connectivity index (χ3v) is 3.02. The van der Waals surface area contributed by atoms with Gasteiger partial charge in [-0.25, -0.2) is 0 Å². The number of aromatic nitrogens is 2. The zero-order valence-corrected chi connectivity index (χ0v) is 10.6. The number of nitrogens with two attached hydrogens (primary N) is 1. The first-order valence-electron chi connectivity index (χ1n) is 5.87. The predicted molar refractivity (Wildman–Crippen MR) is 69.8 cm³/mol. The van der Waals surface area contributed by atoms with Crippen molar-refractivity contribution < 1.29 is 0 Å². The summed E-state index contributed by atoms with van der Waals surface area (Å²) in [7, 11) is 1.92. The molecule has 0 bridgehead atoms. The van der Waals surface area contributed by atoms with Crippen molar-refractivity contribution in [3.8, 4) is 0 Å². The number of rotatable bonds is 3. The maximum absolute atomic E-state index is 6.24. The van der Waals surface area contributed by atoms with Crippen molar-refractivity contribution in [2.24, 2.45) is 12.8 Å². The predicted octanol–water partition coefficient (Wildman–Crippen LogP) is 2.28. The smallest absolute Gasteiger partial charge is 0.0643 e. The zero-order chi connectivity index (χ0) is 12.4. The van der Waals surface area contributed by atoms with Gasteiger partial charge >= 0.3 is 0 Å². The monoisotopic (exact) mass is 229 g/mol. The van der Waals surface area contributed by atoms with Gasteiger partial charge < -0.3 is 5.73 Å². The zero-order valence-electron chi connectivity index (χ0n) is 10.6. The molecule has 17 heavy (non-hydrogen) atoms. The van der Waals surface area contributed by atoms with Crippen LogP contribution in [0.2, 0.25) is 0 Å². The minimum atomic E-state index is 0.0190. The lowest BCUT2D eigenvalue weighted by Crippen LogP contribution is -2.15. The first kappa shape index (κ1) is 11.9. The Morgan fingerprint density at radius 3 is 2.65 bits per heavy atom. The summed E-state index contributed by atoms with van der Waals surface area (Å²) in [4.78, 5) is 0. The topological polar surface area (TPSA) is 43.8 Å². The summed E-state index contributed by atoms with van der Waals surface area (Å²) in [6.07, 6.45) is 2.73. The third kappa shape index (κ3) is 2.74. The van der Waals surface area contributed by atoms with Crippen molar-refractivity contribution in [1.29, 1.82) is 0 Å². The molecule has 1 aromatic carbocycles. The van der Waals surface area contributed by atoms with Crippen LogP contribution in [0.5, 0.6) is 0 Å². The summed E-state index contributed by atoms with van der Waals surface area (Å²) in [5.41, 5.74) is 11.0. The lowest BCUT2D eigenvalue weighted by Gasteiger charge is -2.14. The molecule has 1 atom stereocenters. The summed E-state index contributed by atoms with van der Waals surface area (Å²) in [6, 6.07) is 8.45. The van der Waals surface area contributed by atoms with Crippen LogP contribution in [0.15, 0.2) is 30.5 Å². The van der Waals surface area contributed by atoms with E-state index in [0.29, 0.717) is 0 Å². The van der Waals surface area contributed by atoms with Crippen LogP contribution in [-0.2, 0) is 13.5 Å². The van der Waals surface area contributed by atoms with Crippen LogP contribution in [0, 0.1) is 13.8 Å². The number of hydrogen-bond acceptors (Lipinski definition) is 2. The summed E-state index contributed by atoms with van der Waals surface area (Å²) < 4.78 is 1.81. The molecular weight excluding hydrogens is 210 g/mol. The average molecular weight is 229 g/mol. The average Bonchev–Trinajstić information content (AvgIpc) is 2.63. The van der Waals surface area contributed by atoms with Gasteiger partial charge in [-0.3, -0.25) is 4.68 Å². The fourth-order valence-electron chi connectivity index (χ4n) is 2.15. The molecule has 2 rings (SSSR count). The summed E-state index contributed by atoms with van der Waals surface area (Å²) in [5.74, 6) is 0. The van der Waals surface area contributed by atoms with Gasteiger partial charge in [-0.2, -0.15) is 5.10 Å². The molecule has 0 fully saturated rings. The van der Waals surface area contributed by atoms with E-state index in [1.165, 1.54) is 16.7 Å². The molecule has 3 heteroatoms. The fraction of sp³-hybridized carbons (Fsp3) is 0.357. The summed E-state index contributed by atoms with van der Waals surface area (Å²) >= 11 is 0. The quantitative estimate of drug-likeness (QED) is 0.877. The maximum atomic E-state index is 6.24. The molecule has 3 nitrogen and oxygen atoms in total. The second kappa shape index (κ2) is 4.72. The number of benzene rings is 1. The van der Waals surface area contributed by atoms with Crippen LogP contribution >= 0.6 is 0 Å². The van der Waals surface area contributed by atoms with Gasteiger partial charge in [-0.15, -0.1) is 0 Å². The molecule has 0 spiro atoms. The van der Waals surface area contributed by atoms with Crippen molar-refractivity contribution in [3.05, 3.63) is 52.8 Å². The molecule has 2 N–H and O–H groups in total. The first-order valence-corrected chi connectivity index (χ1v) is 5.87. The van der Waals surface area contributed by atoms with E-state index in [4.69, 9.17) is 5.73 Å². The second-order valence-electron chi connectivity index (χ2n) is 4.65. The Morgan fingerprint density at radius 1 is 1.29 bits per heavy atom. The third-order valence-electron chi connectivity index (χ3n) is 3.02. The van der Waals surface area contributed by atoms with Crippen molar-refractivity contribution in [2.45, 2.75) is 26.3 Å². The van der Waals surface area contributed by atoms with E-state index in [0.717, 1.165) is 12.1 Å². The van der Waals surface area contributed by atoms with Crippen LogP contribution < -0.4 is 5.73 Å². The van der Waals surface area contributed by atoms with E-state index in [1.807, 2.05) is 24.0 Å². The Labute approximate surface area is 102 Å². The Balaban J connectivity index is 2.17. The maximum Gasteiger partial charge on any atom is 0.0643 e. The molecule has 90 valence electrons. The highest BCUT2D eigenvalue weighted by atomic mass is 15.2. The summed E-state index contributed by atoms with van der Waals surface area (Å²) in [6.45, 7) is 4.21.